The first-order valence-electron chi connectivity index (χ1n) is 5.90. The van der Waals surface area contributed by atoms with Crippen LogP contribution in [0.4, 0.5) is 11.8 Å². The van der Waals surface area contributed by atoms with Gasteiger partial charge in [-0.2, -0.15) is 4.98 Å². The average Bonchev–Trinajstić information content (AvgIpc) is 2.58. The molecule has 4 nitrogen and oxygen atoms in total. The van der Waals surface area contributed by atoms with Crippen molar-refractivity contribution in [3.63, 3.8) is 0 Å². The second-order valence-electron chi connectivity index (χ2n) is 4.79. The van der Waals surface area contributed by atoms with Gasteiger partial charge in [0.05, 0.1) is 0 Å². The van der Waals surface area contributed by atoms with E-state index in [0.29, 0.717) is 12.0 Å². The molecule has 1 aromatic heterocycles. The van der Waals surface area contributed by atoms with Crippen LogP contribution in [-0.4, -0.2) is 29.6 Å². The normalized spacial score (nSPS) is 24.9. The maximum Gasteiger partial charge on any atom is 0.224 e. The molecule has 1 saturated heterocycles. The van der Waals surface area contributed by atoms with Crippen LogP contribution < -0.4 is 10.2 Å². The van der Waals surface area contributed by atoms with E-state index in [1.54, 1.807) is 0 Å². The summed E-state index contributed by atoms with van der Waals surface area (Å²) in [5, 5.41) is 3.00. The van der Waals surface area contributed by atoms with Gasteiger partial charge in [-0.15, -0.1) is 0 Å². The molecule has 1 aliphatic rings. The van der Waals surface area contributed by atoms with Gasteiger partial charge in [0.1, 0.15) is 5.82 Å². The minimum Gasteiger partial charge on any atom is -0.357 e. The zero-order valence-electron chi connectivity index (χ0n) is 10.5. The van der Waals surface area contributed by atoms with Crippen molar-refractivity contribution in [3.8, 4) is 0 Å². The fraction of sp³-hybridized carbons (Fsp3) is 0.667. The molecule has 0 saturated carbocycles. The summed E-state index contributed by atoms with van der Waals surface area (Å²) < 4.78 is 0. The van der Waals surface area contributed by atoms with Gasteiger partial charge in [0.25, 0.3) is 0 Å². The summed E-state index contributed by atoms with van der Waals surface area (Å²) in [6.45, 7) is 7.74. The molecule has 0 amide bonds. The molecule has 0 spiro atoms. The van der Waals surface area contributed by atoms with Gasteiger partial charge in [0, 0.05) is 31.4 Å². The van der Waals surface area contributed by atoms with E-state index in [-0.39, 0.29) is 0 Å². The summed E-state index contributed by atoms with van der Waals surface area (Å²) in [5.74, 6) is 2.53. The highest BCUT2D eigenvalue weighted by molar-refractivity contribution is 5.50. The van der Waals surface area contributed by atoms with Gasteiger partial charge >= 0.3 is 0 Å². The van der Waals surface area contributed by atoms with Crippen LogP contribution in [0.3, 0.4) is 0 Å². The lowest BCUT2D eigenvalue weighted by atomic mass is 10.1. The van der Waals surface area contributed by atoms with Gasteiger partial charge < -0.3 is 10.2 Å². The molecule has 1 aliphatic heterocycles. The molecule has 88 valence electrons. The van der Waals surface area contributed by atoms with E-state index in [2.05, 4.69) is 41.0 Å². The van der Waals surface area contributed by atoms with Gasteiger partial charge in [-0.3, -0.25) is 0 Å². The molecule has 0 aromatic carbocycles. The van der Waals surface area contributed by atoms with Crippen LogP contribution in [0.1, 0.15) is 25.8 Å². The van der Waals surface area contributed by atoms with E-state index in [1.807, 2.05) is 13.2 Å². The Bertz CT molecular complexity index is 377. The number of nitrogens with zero attached hydrogens (tertiary/aromatic N) is 3. The number of aromatic nitrogens is 2. The van der Waals surface area contributed by atoms with E-state index in [9.17, 15) is 0 Å². The largest absolute Gasteiger partial charge is 0.357 e. The summed E-state index contributed by atoms with van der Waals surface area (Å²) in [6.07, 6.45) is 3.14. The molecule has 2 unspecified atom stereocenters. The predicted octanol–water partition coefficient (Wildman–Crippen LogP) is 2.06. The summed E-state index contributed by atoms with van der Waals surface area (Å²) in [6, 6.07) is 0.577. The van der Waals surface area contributed by atoms with Crippen molar-refractivity contribution in [2.24, 2.45) is 5.92 Å². The number of hydrogen-bond acceptors (Lipinski definition) is 4. The first-order chi connectivity index (χ1) is 7.61. The van der Waals surface area contributed by atoms with Crippen LogP contribution in [0.15, 0.2) is 6.20 Å². The first-order valence-corrected chi connectivity index (χ1v) is 5.90. The Balaban J connectivity index is 2.32. The molecule has 16 heavy (non-hydrogen) atoms. The Morgan fingerprint density at radius 3 is 2.75 bits per heavy atom. The lowest BCUT2D eigenvalue weighted by molar-refractivity contribution is 0.625. The molecule has 0 radical (unpaired) electrons. The third-order valence-electron chi connectivity index (χ3n) is 3.22. The molecule has 1 fully saturated rings. The molecule has 0 aliphatic carbocycles. The highest BCUT2D eigenvalue weighted by Crippen LogP contribution is 2.29. The highest BCUT2D eigenvalue weighted by Gasteiger charge is 2.28. The standard InChI is InChI=1S/C12H20N4/c1-8-5-10(3)16(7-8)11-9(2)6-14-12(13-4)15-11/h6,8,10H,5,7H2,1-4H3,(H,13,14,15). The van der Waals surface area contributed by atoms with Crippen molar-refractivity contribution in [2.75, 3.05) is 23.8 Å². The fourth-order valence-electron chi connectivity index (χ4n) is 2.44. The molecule has 2 heterocycles. The Kier molecular flexibility index (Phi) is 2.99. The maximum absolute atomic E-state index is 4.56. The average molecular weight is 220 g/mol. The summed E-state index contributed by atoms with van der Waals surface area (Å²) in [4.78, 5) is 11.2. The Labute approximate surface area is 97.1 Å². The van der Waals surface area contributed by atoms with Gasteiger partial charge in [-0.25, -0.2) is 4.98 Å². The van der Waals surface area contributed by atoms with Crippen LogP contribution >= 0.6 is 0 Å². The van der Waals surface area contributed by atoms with Crippen molar-refractivity contribution < 1.29 is 0 Å². The van der Waals surface area contributed by atoms with Crippen molar-refractivity contribution >= 4 is 11.8 Å². The topological polar surface area (TPSA) is 41.1 Å². The third kappa shape index (κ3) is 1.96. The lowest BCUT2D eigenvalue weighted by Crippen LogP contribution is -2.28. The number of anilines is 2. The van der Waals surface area contributed by atoms with Crippen LogP contribution in [0.5, 0.6) is 0 Å². The molecule has 1 aromatic rings. The van der Waals surface area contributed by atoms with Crippen molar-refractivity contribution in [2.45, 2.75) is 33.2 Å². The summed E-state index contributed by atoms with van der Waals surface area (Å²) >= 11 is 0. The smallest absolute Gasteiger partial charge is 0.224 e. The van der Waals surface area contributed by atoms with E-state index in [0.717, 1.165) is 23.8 Å². The van der Waals surface area contributed by atoms with E-state index in [1.165, 1.54) is 6.42 Å². The fourth-order valence-corrected chi connectivity index (χ4v) is 2.44. The molecule has 1 N–H and O–H groups in total. The van der Waals surface area contributed by atoms with Crippen LogP contribution in [0.25, 0.3) is 0 Å². The van der Waals surface area contributed by atoms with Gasteiger partial charge in [0.15, 0.2) is 0 Å². The molecular weight excluding hydrogens is 200 g/mol. The monoisotopic (exact) mass is 220 g/mol. The van der Waals surface area contributed by atoms with E-state index in [4.69, 9.17) is 0 Å². The maximum atomic E-state index is 4.56. The Morgan fingerprint density at radius 1 is 1.44 bits per heavy atom. The molecular formula is C12H20N4. The Hall–Kier alpha value is -1.32. The van der Waals surface area contributed by atoms with Crippen molar-refractivity contribution in [3.05, 3.63) is 11.8 Å². The third-order valence-corrected chi connectivity index (χ3v) is 3.22. The lowest BCUT2D eigenvalue weighted by Gasteiger charge is -2.24. The van der Waals surface area contributed by atoms with Crippen molar-refractivity contribution in [1.82, 2.24) is 9.97 Å². The van der Waals surface area contributed by atoms with Crippen LogP contribution in [0.2, 0.25) is 0 Å². The van der Waals surface area contributed by atoms with E-state index < -0.39 is 0 Å². The summed E-state index contributed by atoms with van der Waals surface area (Å²) in [7, 11) is 1.85. The van der Waals surface area contributed by atoms with Gasteiger partial charge in [-0.05, 0) is 26.2 Å². The van der Waals surface area contributed by atoms with E-state index >= 15 is 0 Å². The zero-order chi connectivity index (χ0) is 11.7. The molecule has 2 rings (SSSR count). The molecule has 0 bridgehead atoms. The minimum absolute atomic E-state index is 0.577. The second-order valence-corrected chi connectivity index (χ2v) is 4.79. The number of rotatable bonds is 2. The number of aryl methyl sites for hydroxylation is 1. The predicted molar refractivity (Wildman–Crippen MR) is 66.9 cm³/mol. The number of nitrogens with one attached hydrogen (secondary N) is 1. The van der Waals surface area contributed by atoms with Crippen molar-refractivity contribution in [1.29, 1.82) is 0 Å². The molecule has 2 atom stereocenters. The summed E-state index contributed by atoms with van der Waals surface area (Å²) in [5.41, 5.74) is 1.15. The Morgan fingerprint density at radius 2 is 2.19 bits per heavy atom. The molecule has 4 heteroatoms. The minimum atomic E-state index is 0.577. The first kappa shape index (κ1) is 11.2. The highest BCUT2D eigenvalue weighted by atomic mass is 15.3. The zero-order valence-corrected chi connectivity index (χ0v) is 10.5. The second kappa shape index (κ2) is 4.28. The van der Waals surface area contributed by atoms with Gasteiger partial charge in [0.2, 0.25) is 5.95 Å². The SMILES string of the molecule is CNc1ncc(C)c(N2CC(C)CC2C)n1. The van der Waals surface area contributed by atoms with Crippen LogP contribution in [-0.2, 0) is 0 Å². The quantitative estimate of drug-likeness (QED) is 0.828. The van der Waals surface area contributed by atoms with Crippen LogP contribution in [0, 0.1) is 12.8 Å². The van der Waals surface area contributed by atoms with Gasteiger partial charge in [-0.1, -0.05) is 6.92 Å². The number of hydrogen-bond donors (Lipinski definition) is 1.